The van der Waals surface area contributed by atoms with Crippen molar-refractivity contribution in [1.29, 1.82) is 5.26 Å². The highest BCUT2D eigenvalue weighted by atomic mass is 16.6. The third kappa shape index (κ3) is 7.66. The van der Waals surface area contributed by atoms with Crippen molar-refractivity contribution in [2.45, 2.75) is 45.0 Å². The third-order valence-corrected chi connectivity index (χ3v) is 5.56. The first-order chi connectivity index (χ1) is 15.2. The summed E-state index contributed by atoms with van der Waals surface area (Å²) in [5.74, 6) is 0.801. The molecule has 1 aromatic rings. The number of benzene rings is 1. The number of hydrogen-bond donors (Lipinski definition) is 0. The normalized spacial score (nSPS) is 21.6. The van der Waals surface area contributed by atoms with Gasteiger partial charge in [-0.3, -0.25) is 9.80 Å². The Hall–Kier alpha value is -2.34. The van der Waals surface area contributed by atoms with E-state index in [1.165, 1.54) is 0 Å². The van der Waals surface area contributed by atoms with Gasteiger partial charge in [0.15, 0.2) is 0 Å². The number of nitriles is 1. The Morgan fingerprint density at radius 3 is 2.28 bits per heavy atom. The van der Waals surface area contributed by atoms with E-state index in [9.17, 15) is 4.79 Å². The Morgan fingerprint density at radius 1 is 1.12 bits per heavy atom. The number of likely N-dealkylation sites (N-methyl/N-ethyl adjacent to an activating group) is 1. The number of ether oxygens (including phenoxy) is 3. The predicted octanol–water partition coefficient (Wildman–Crippen LogP) is 2.58. The average Bonchev–Trinajstić information content (AvgIpc) is 2.73. The Bertz CT molecular complexity index is 773. The van der Waals surface area contributed by atoms with Crippen LogP contribution in [0.5, 0.6) is 5.75 Å². The highest BCUT2D eigenvalue weighted by Crippen LogP contribution is 2.20. The van der Waals surface area contributed by atoms with Gasteiger partial charge in [-0.05, 0) is 51.5 Å². The summed E-state index contributed by atoms with van der Waals surface area (Å²) >= 11 is 0. The molecule has 0 N–H and O–H groups in total. The number of morpholine rings is 2. The summed E-state index contributed by atoms with van der Waals surface area (Å²) < 4.78 is 17.4. The van der Waals surface area contributed by atoms with Gasteiger partial charge in [-0.1, -0.05) is 0 Å². The molecule has 2 aliphatic heterocycles. The number of rotatable bonds is 8. The second kappa shape index (κ2) is 11.0. The molecule has 8 nitrogen and oxygen atoms in total. The minimum absolute atomic E-state index is 0.203. The Balaban J connectivity index is 1.34. The zero-order valence-corrected chi connectivity index (χ0v) is 19.7. The summed E-state index contributed by atoms with van der Waals surface area (Å²) in [6, 6.07) is 9.34. The van der Waals surface area contributed by atoms with Crippen LogP contribution in [0.1, 0.15) is 32.8 Å². The number of carbonyl (C=O) groups excluding carboxylic acids is 1. The lowest BCUT2D eigenvalue weighted by Gasteiger charge is -2.46. The van der Waals surface area contributed by atoms with Crippen LogP contribution in [0.25, 0.3) is 0 Å². The highest BCUT2D eigenvalue weighted by Gasteiger charge is 2.34. The number of fused-ring (bicyclic) bond motifs is 2. The minimum atomic E-state index is -0.474. The highest BCUT2D eigenvalue weighted by molar-refractivity contribution is 5.67. The molecule has 0 aliphatic carbocycles. The van der Waals surface area contributed by atoms with Crippen LogP contribution in [0, 0.1) is 11.3 Å². The maximum atomic E-state index is 12.1. The van der Waals surface area contributed by atoms with Crippen LogP contribution in [-0.4, -0.2) is 98.1 Å². The van der Waals surface area contributed by atoms with Crippen molar-refractivity contribution >= 4 is 6.09 Å². The molecule has 32 heavy (non-hydrogen) atoms. The van der Waals surface area contributed by atoms with E-state index in [2.05, 4.69) is 15.9 Å². The zero-order valence-electron chi connectivity index (χ0n) is 19.7. The molecule has 2 heterocycles. The van der Waals surface area contributed by atoms with E-state index in [0.29, 0.717) is 18.7 Å². The topological polar surface area (TPSA) is 78.3 Å². The molecular formula is C24H36N4O4. The molecule has 2 fully saturated rings. The van der Waals surface area contributed by atoms with Crippen molar-refractivity contribution in [3.8, 4) is 11.8 Å². The fraction of sp³-hybridized carbons (Fsp3) is 0.667. The van der Waals surface area contributed by atoms with E-state index in [0.717, 1.165) is 51.4 Å². The van der Waals surface area contributed by atoms with Crippen LogP contribution < -0.4 is 4.74 Å². The van der Waals surface area contributed by atoms with Crippen LogP contribution in [0.15, 0.2) is 24.3 Å². The van der Waals surface area contributed by atoms with E-state index < -0.39 is 5.60 Å². The fourth-order valence-corrected chi connectivity index (χ4v) is 4.05. The van der Waals surface area contributed by atoms with Gasteiger partial charge < -0.3 is 19.1 Å². The number of hydrogen-bond acceptors (Lipinski definition) is 7. The van der Waals surface area contributed by atoms with Crippen molar-refractivity contribution in [2.24, 2.45) is 0 Å². The SMILES string of the molecule is CN(CCN1CC2CN(CCCOc3ccc(C#N)cc3)C[C@H](C1)O2)C(=O)OC(C)(C)C. The quantitative estimate of drug-likeness (QED) is 0.570. The van der Waals surface area contributed by atoms with Crippen LogP contribution in [-0.2, 0) is 9.47 Å². The number of nitrogens with zero attached hydrogens (tertiary/aromatic N) is 4. The van der Waals surface area contributed by atoms with Crippen molar-refractivity contribution in [2.75, 3.05) is 59.5 Å². The maximum Gasteiger partial charge on any atom is 0.410 e. The summed E-state index contributed by atoms with van der Waals surface area (Å²) in [5, 5.41) is 8.85. The van der Waals surface area contributed by atoms with E-state index >= 15 is 0 Å². The molecule has 2 saturated heterocycles. The van der Waals surface area contributed by atoms with Gasteiger partial charge in [-0.15, -0.1) is 0 Å². The first-order valence-electron chi connectivity index (χ1n) is 11.4. The van der Waals surface area contributed by atoms with E-state index in [-0.39, 0.29) is 18.3 Å². The molecule has 0 aromatic heterocycles. The molecular weight excluding hydrogens is 408 g/mol. The molecule has 2 bridgehead atoms. The molecule has 0 saturated carbocycles. The van der Waals surface area contributed by atoms with E-state index in [1.54, 1.807) is 24.1 Å². The van der Waals surface area contributed by atoms with Gasteiger partial charge in [-0.25, -0.2) is 4.79 Å². The standard InChI is InChI=1S/C24H36N4O4/c1-24(2,3)32-23(29)26(4)11-12-28-17-21-15-27(16-22(18-28)31-21)10-5-13-30-20-8-6-19(14-25)7-9-20/h6-9,21-22H,5,10-13,15-18H2,1-4H3/t21-,22?/m1/s1. The first kappa shape index (κ1) is 24.3. The Kier molecular flexibility index (Phi) is 8.35. The first-order valence-corrected chi connectivity index (χ1v) is 11.4. The van der Waals surface area contributed by atoms with Crippen molar-refractivity contribution in [3.63, 3.8) is 0 Å². The number of amides is 1. The predicted molar refractivity (Wildman–Crippen MR) is 122 cm³/mol. The van der Waals surface area contributed by atoms with Crippen molar-refractivity contribution in [1.82, 2.24) is 14.7 Å². The van der Waals surface area contributed by atoms with Crippen LogP contribution in [0.3, 0.4) is 0 Å². The molecule has 8 heteroatoms. The summed E-state index contributed by atoms with van der Waals surface area (Å²) in [5.41, 5.74) is 0.167. The van der Waals surface area contributed by atoms with Crippen LogP contribution in [0.4, 0.5) is 4.79 Å². The largest absolute Gasteiger partial charge is 0.494 e. The molecule has 2 atom stereocenters. The summed E-state index contributed by atoms with van der Waals surface area (Å²) in [7, 11) is 1.79. The maximum absolute atomic E-state index is 12.1. The van der Waals surface area contributed by atoms with E-state index in [1.807, 2.05) is 32.9 Å². The smallest absolute Gasteiger partial charge is 0.410 e. The van der Waals surface area contributed by atoms with Crippen molar-refractivity contribution < 1.29 is 19.0 Å². The molecule has 1 aromatic carbocycles. The minimum Gasteiger partial charge on any atom is -0.494 e. The third-order valence-electron chi connectivity index (χ3n) is 5.56. The Morgan fingerprint density at radius 2 is 1.72 bits per heavy atom. The van der Waals surface area contributed by atoms with Crippen LogP contribution >= 0.6 is 0 Å². The fourth-order valence-electron chi connectivity index (χ4n) is 4.05. The molecule has 1 amide bonds. The zero-order chi connectivity index (χ0) is 23.1. The molecule has 1 unspecified atom stereocenters. The number of carbonyl (C=O) groups is 1. The second-order valence-electron chi connectivity index (χ2n) is 9.64. The van der Waals surface area contributed by atoms with Crippen LogP contribution in [0.2, 0.25) is 0 Å². The average molecular weight is 445 g/mol. The Labute approximate surface area is 191 Å². The summed E-state index contributed by atoms with van der Waals surface area (Å²) in [4.78, 5) is 18.7. The van der Waals surface area contributed by atoms with Crippen molar-refractivity contribution in [3.05, 3.63) is 29.8 Å². The summed E-state index contributed by atoms with van der Waals surface area (Å²) in [6.07, 6.45) is 1.08. The monoisotopic (exact) mass is 444 g/mol. The van der Waals surface area contributed by atoms with Gasteiger partial charge in [0, 0.05) is 52.9 Å². The molecule has 3 rings (SSSR count). The molecule has 0 radical (unpaired) electrons. The van der Waals surface area contributed by atoms with Gasteiger partial charge in [0.05, 0.1) is 30.4 Å². The van der Waals surface area contributed by atoms with Gasteiger partial charge >= 0.3 is 6.09 Å². The van der Waals surface area contributed by atoms with Gasteiger partial charge in [0.2, 0.25) is 0 Å². The van der Waals surface area contributed by atoms with Gasteiger partial charge in [0.25, 0.3) is 0 Å². The lowest BCUT2D eigenvalue weighted by atomic mass is 10.1. The molecule has 2 aliphatic rings. The molecule has 0 spiro atoms. The lowest BCUT2D eigenvalue weighted by molar-refractivity contribution is -0.139. The van der Waals surface area contributed by atoms with Gasteiger partial charge in [0.1, 0.15) is 11.4 Å². The molecule has 176 valence electrons. The summed E-state index contributed by atoms with van der Waals surface area (Å²) in [6.45, 7) is 12.4. The lowest BCUT2D eigenvalue weighted by Crippen LogP contribution is -2.60. The van der Waals surface area contributed by atoms with E-state index in [4.69, 9.17) is 19.5 Å². The van der Waals surface area contributed by atoms with Gasteiger partial charge in [-0.2, -0.15) is 5.26 Å². The second-order valence-corrected chi connectivity index (χ2v) is 9.64.